The molecule has 1 saturated carbocycles. The number of methoxy groups -OCH3 is 1. The predicted octanol–water partition coefficient (Wildman–Crippen LogP) is 5.53. The third-order valence-corrected chi connectivity index (χ3v) is 8.88. The first-order chi connectivity index (χ1) is 17.2. The molecule has 2 atom stereocenters. The van der Waals surface area contributed by atoms with Crippen LogP contribution >= 0.6 is 0 Å². The summed E-state index contributed by atoms with van der Waals surface area (Å²) < 4.78 is 23.2. The Morgan fingerprint density at radius 3 is 2.51 bits per heavy atom. The Morgan fingerprint density at radius 2 is 1.89 bits per heavy atom. The lowest BCUT2D eigenvalue weighted by Crippen LogP contribution is -2.41. The molecular formula is C28H42N4O4S. The van der Waals surface area contributed by atoms with Crippen LogP contribution in [0, 0.1) is 11.3 Å². The van der Waals surface area contributed by atoms with E-state index in [1.807, 2.05) is 26.0 Å². The average molecular weight is 531 g/mol. The Balaban J connectivity index is 1.50. The Kier molecular flexibility index (Phi) is 7.51. The summed E-state index contributed by atoms with van der Waals surface area (Å²) in [5.41, 5.74) is 1.92. The molecule has 204 valence electrons. The van der Waals surface area contributed by atoms with E-state index >= 15 is 0 Å². The summed E-state index contributed by atoms with van der Waals surface area (Å²) in [7, 11) is 0.0354. The molecule has 2 heterocycles. The monoisotopic (exact) mass is 530 g/mol. The third-order valence-electron chi connectivity index (χ3n) is 7.08. The van der Waals surface area contributed by atoms with Crippen LogP contribution in [0.3, 0.4) is 0 Å². The van der Waals surface area contributed by atoms with E-state index in [2.05, 4.69) is 47.5 Å². The number of carbonyl (C=O) groups is 1. The predicted molar refractivity (Wildman–Crippen MR) is 149 cm³/mol. The number of ether oxygens (including phenoxy) is 1. The van der Waals surface area contributed by atoms with E-state index < -0.39 is 21.0 Å². The zero-order chi connectivity index (χ0) is 27.2. The van der Waals surface area contributed by atoms with Gasteiger partial charge in [-0.05, 0) is 62.6 Å². The molecule has 1 aliphatic heterocycles. The molecule has 1 aromatic carbocycles. The zero-order valence-electron chi connectivity index (χ0n) is 23.4. The lowest BCUT2D eigenvalue weighted by Gasteiger charge is -2.32. The number of carbonyl (C=O) groups excluding carboxylic acids is 1. The summed E-state index contributed by atoms with van der Waals surface area (Å²) in [6, 6.07) is 7.59. The van der Waals surface area contributed by atoms with Crippen molar-refractivity contribution in [2.75, 3.05) is 35.8 Å². The van der Waals surface area contributed by atoms with Gasteiger partial charge >= 0.3 is 0 Å². The van der Waals surface area contributed by atoms with Crippen molar-refractivity contribution < 1.29 is 18.3 Å². The number of aromatic nitrogens is 1. The molecule has 2 aromatic rings. The Hall–Kier alpha value is -2.39. The summed E-state index contributed by atoms with van der Waals surface area (Å²) in [6.07, 6.45) is 3.79. The molecule has 4 rings (SSSR count). The molecule has 1 aliphatic carbocycles. The molecule has 8 nitrogen and oxygen atoms in total. The number of hydrogen-bond donors (Lipinski definition) is 2. The Labute approximate surface area is 223 Å². The fraction of sp³-hybridized carbons (Fsp3) is 0.643. The molecular weight excluding hydrogens is 488 g/mol. The fourth-order valence-electron chi connectivity index (χ4n) is 4.70. The van der Waals surface area contributed by atoms with E-state index in [4.69, 9.17) is 9.26 Å². The molecule has 0 saturated heterocycles. The van der Waals surface area contributed by atoms with Gasteiger partial charge in [-0.1, -0.05) is 39.8 Å². The van der Waals surface area contributed by atoms with E-state index in [0.29, 0.717) is 23.1 Å². The first-order valence-electron chi connectivity index (χ1n) is 13.1. The van der Waals surface area contributed by atoms with Gasteiger partial charge in [0.05, 0.1) is 34.9 Å². The molecule has 9 heteroatoms. The van der Waals surface area contributed by atoms with Crippen LogP contribution < -0.4 is 15.5 Å². The smallest absolute Gasteiger partial charge is 0.244 e. The van der Waals surface area contributed by atoms with Crippen molar-refractivity contribution in [3.05, 3.63) is 30.0 Å². The van der Waals surface area contributed by atoms with Gasteiger partial charge in [0.2, 0.25) is 5.91 Å². The summed E-state index contributed by atoms with van der Waals surface area (Å²) in [5, 5.41) is 10.5. The second-order valence-electron chi connectivity index (χ2n) is 12.8. The topological polar surface area (TPSA) is 96.7 Å². The van der Waals surface area contributed by atoms with Gasteiger partial charge in [0.15, 0.2) is 5.82 Å². The van der Waals surface area contributed by atoms with Gasteiger partial charge in [-0.2, -0.15) is 0 Å². The van der Waals surface area contributed by atoms with E-state index in [9.17, 15) is 9.00 Å². The van der Waals surface area contributed by atoms with Crippen LogP contribution in [0.2, 0.25) is 0 Å². The maximum atomic E-state index is 13.7. The Morgan fingerprint density at radius 1 is 1.19 bits per heavy atom. The van der Waals surface area contributed by atoms with Gasteiger partial charge in [-0.25, -0.2) is 0 Å². The summed E-state index contributed by atoms with van der Waals surface area (Å²) in [4.78, 5) is 16.3. The van der Waals surface area contributed by atoms with Crippen LogP contribution in [-0.4, -0.2) is 46.4 Å². The number of rotatable bonds is 10. The lowest BCUT2D eigenvalue weighted by molar-refractivity contribution is -0.117. The highest BCUT2D eigenvalue weighted by Gasteiger charge is 2.39. The number of nitrogens with one attached hydrogen (secondary N) is 2. The molecule has 1 fully saturated rings. The second kappa shape index (κ2) is 10.1. The Bertz CT molecular complexity index is 1160. The van der Waals surface area contributed by atoms with Crippen molar-refractivity contribution in [2.45, 2.75) is 89.0 Å². The molecule has 2 N–H and O–H groups in total. The van der Waals surface area contributed by atoms with E-state index in [1.54, 1.807) is 27.0 Å². The van der Waals surface area contributed by atoms with E-state index in [0.717, 1.165) is 30.3 Å². The maximum absolute atomic E-state index is 13.7. The van der Waals surface area contributed by atoms with Crippen molar-refractivity contribution in [3.63, 3.8) is 0 Å². The van der Waals surface area contributed by atoms with Crippen molar-refractivity contribution in [2.24, 2.45) is 11.3 Å². The molecule has 2 aliphatic rings. The van der Waals surface area contributed by atoms with Crippen LogP contribution in [0.25, 0.3) is 0 Å². The van der Waals surface area contributed by atoms with E-state index in [-0.39, 0.29) is 17.5 Å². The van der Waals surface area contributed by atoms with Crippen LogP contribution in [0.5, 0.6) is 0 Å². The first kappa shape index (κ1) is 27.6. The lowest BCUT2D eigenvalue weighted by atomic mass is 9.90. The molecule has 0 radical (unpaired) electrons. The molecule has 1 amide bonds. The number of benzene rings is 1. The largest absolute Gasteiger partial charge is 0.384 e. The molecule has 2 unspecified atom stereocenters. The highest BCUT2D eigenvalue weighted by atomic mass is 32.2. The normalized spacial score (nSPS) is 18.9. The number of hydrogen-bond acceptors (Lipinski definition) is 7. The van der Waals surface area contributed by atoms with Crippen LogP contribution in [0.1, 0.15) is 73.5 Å². The number of amides is 1. The zero-order valence-corrected chi connectivity index (χ0v) is 24.3. The third kappa shape index (κ3) is 6.20. The number of anilines is 3. The quantitative estimate of drug-likeness (QED) is 0.417. The van der Waals surface area contributed by atoms with Crippen molar-refractivity contribution in [1.29, 1.82) is 0 Å². The summed E-state index contributed by atoms with van der Waals surface area (Å²) in [5.74, 6) is 1.27. The van der Waals surface area contributed by atoms with Crippen molar-refractivity contribution in [1.82, 2.24) is 5.16 Å². The van der Waals surface area contributed by atoms with Gasteiger partial charge in [0.1, 0.15) is 10.5 Å². The van der Waals surface area contributed by atoms with E-state index in [1.165, 1.54) is 12.8 Å². The van der Waals surface area contributed by atoms with Crippen LogP contribution in [-0.2, 0) is 25.7 Å². The van der Waals surface area contributed by atoms with Gasteiger partial charge in [0, 0.05) is 30.0 Å². The summed E-state index contributed by atoms with van der Waals surface area (Å²) in [6.45, 7) is 15.6. The highest BCUT2D eigenvalue weighted by molar-refractivity contribution is 7.87. The first-order valence-corrected chi connectivity index (χ1v) is 14.2. The minimum absolute atomic E-state index is 0.174. The van der Waals surface area contributed by atoms with Crippen LogP contribution in [0.4, 0.5) is 17.2 Å². The van der Waals surface area contributed by atoms with Gasteiger partial charge in [0.25, 0.3) is 0 Å². The van der Waals surface area contributed by atoms with Crippen molar-refractivity contribution >= 4 is 33.9 Å². The minimum atomic E-state index is -1.59. The molecule has 0 spiro atoms. The van der Waals surface area contributed by atoms with Crippen LogP contribution in [0.15, 0.2) is 33.7 Å². The molecule has 37 heavy (non-hydrogen) atoms. The molecule has 1 aromatic heterocycles. The van der Waals surface area contributed by atoms with Gasteiger partial charge in [-0.3, -0.25) is 9.00 Å². The molecule has 0 bridgehead atoms. The SMILES string of the molecule is COCC(C)(C)c1cc(NC(=O)C(C)(C)S(=O)c2ccc3c(c2)NC(CC(C)(C)C)N3CC2CC2)no1. The van der Waals surface area contributed by atoms with Gasteiger partial charge in [-0.15, -0.1) is 0 Å². The highest BCUT2D eigenvalue weighted by Crippen LogP contribution is 2.43. The number of nitrogens with zero attached hydrogens (tertiary/aromatic N) is 2. The minimum Gasteiger partial charge on any atom is -0.384 e. The second-order valence-corrected chi connectivity index (χ2v) is 14.9. The fourth-order valence-corrected chi connectivity index (χ4v) is 5.92. The maximum Gasteiger partial charge on any atom is 0.244 e. The standard InChI is InChI=1S/C28H42N4O4S/c1-26(2,3)15-24-29-20-13-19(11-12-21(20)32(24)16-18-9-10-18)37(34)28(6,7)25(33)30-23-14-22(36-31-23)27(4,5)17-35-8/h11-14,18,24,29H,9-10,15-17H2,1-8H3,(H,30,31,33). The average Bonchev–Trinajstić information content (AvgIpc) is 3.39. The number of fused-ring (bicyclic) bond motifs is 1. The summed E-state index contributed by atoms with van der Waals surface area (Å²) >= 11 is 0. The van der Waals surface area contributed by atoms with Crippen molar-refractivity contribution in [3.8, 4) is 0 Å². The van der Waals surface area contributed by atoms with Gasteiger partial charge < -0.3 is 24.8 Å².